The number of hydrogen-bond donors (Lipinski definition) is 2. The van der Waals surface area contributed by atoms with E-state index in [0.29, 0.717) is 6.42 Å². The van der Waals surface area contributed by atoms with Crippen LogP contribution in [0, 0.1) is 5.92 Å². The third-order valence-corrected chi connectivity index (χ3v) is 2.14. The number of rotatable bonds is 6. The van der Waals surface area contributed by atoms with E-state index in [9.17, 15) is 9.59 Å². The van der Waals surface area contributed by atoms with Crippen LogP contribution in [0.1, 0.15) is 20.3 Å². The van der Waals surface area contributed by atoms with Crippen LogP contribution in [0.3, 0.4) is 0 Å². The second-order valence-corrected chi connectivity index (χ2v) is 3.48. The molecule has 0 aromatic rings. The highest BCUT2D eigenvalue weighted by Gasteiger charge is 2.06. The average Bonchev–Trinajstić information content (AvgIpc) is 2.22. The molecule has 0 aromatic heterocycles. The summed E-state index contributed by atoms with van der Waals surface area (Å²) in [5.74, 6) is -2.11. The Morgan fingerprint density at radius 3 is 2.06 bits per heavy atom. The van der Waals surface area contributed by atoms with Crippen LogP contribution in [0.15, 0.2) is 36.0 Å². The van der Waals surface area contributed by atoms with Crippen LogP contribution in [0.5, 0.6) is 0 Å². The molecule has 0 heterocycles. The van der Waals surface area contributed by atoms with E-state index in [4.69, 9.17) is 10.2 Å². The number of aliphatic carboxylic acids is 2. The highest BCUT2D eigenvalue weighted by atomic mass is 16.4. The molecule has 4 heteroatoms. The highest BCUT2D eigenvalue weighted by molar-refractivity contribution is 5.86. The van der Waals surface area contributed by atoms with Crippen LogP contribution in [-0.4, -0.2) is 22.2 Å². The van der Waals surface area contributed by atoms with E-state index in [-0.39, 0.29) is 17.1 Å². The van der Waals surface area contributed by atoms with E-state index in [2.05, 4.69) is 6.58 Å². The molecular weight excluding hydrogens is 208 g/mol. The second-order valence-electron chi connectivity index (χ2n) is 3.48. The van der Waals surface area contributed by atoms with Crippen molar-refractivity contribution in [1.29, 1.82) is 0 Å². The quantitative estimate of drug-likeness (QED) is 0.536. The third-order valence-electron chi connectivity index (χ3n) is 2.14. The van der Waals surface area contributed by atoms with Crippen molar-refractivity contribution < 1.29 is 19.8 Å². The monoisotopic (exact) mass is 224 g/mol. The summed E-state index contributed by atoms with van der Waals surface area (Å²) >= 11 is 0. The molecule has 0 radical (unpaired) electrons. The second kappa shape index (κ2) is 6.61. The lowest BCUT2D eigenvalue weighted by Gasteiger charge is -2.05. The van der Waals surface area contributed by atoms with Gasteiger partial charge in [0, 0.05) is 11.1 Å². The fourth-order valence-electron chi connectivity index (χ4n) is 1.02. The lowest BCUT2D eigenvalue weighted by Crippen LogP contribution is -2.01. The maximum Gasteiger partial charge on any atom is 0.330 e. The van der Waals surface area contributed by atoms with Gasteiger partial charge in [-0.25, -0.2) is 9.59 Å². The van der Waals surface area contributed by atoms with E-state index < -0.39 is 11.9 Å². The van der Waals surface area contributed by atoms with Gasteiger partial charge in [0.25, 0.3) is 0 Å². The van der Waals surface area contributed by atoms with Crippen LogP contribution in [-0.2, 0) is 9.59 Å². The zero-order valence-corrected chi connectivity index (χ0v) is 9.43. The van der Waals surface area contributed by atoms with Crippen molar-refractivity contribution in [3.8, 4) is 0 Å². The molecule has 0 bridgehead atoms. The first-order valence-electron chi connectivity index (χ1n) is 4.82. The maximum atomic E-state index is 10.6. The molecule has 16 heavy (non-hydrogen) atoms. The lowest BCUT2D eigenvalue weighted by molar-refractivity contribution is -0.133. The smallest absolute Gasteiger partial charge is 0.330 e. The minimum atomic E-state index is -0.981. The fraction of sp³-hybridized carbons (Fsp3) is 0.333. The van der Waals surface area contributed by atoms with Gasteiger partial charge in [-0.05, 0) is 26.2 Å². The van der Waals surface area contributed by atoms with Crippen molar-refractivity contribution >= 4 is 11.9 Å². The molecule has 0 saturated carbocycles. The molecule has 0 rings (SSSR count). The summed E-state index contributed by atoms with van der Waals surface area (Å²) < 4.78 is 0. The van der Waals surface area contributed by atoms with Gasteiger partial charge in [0.2, 0.25) is 0 Å². The number of carbonyl (C=O) groups is 2. The molecule has 88 valence electrons. The van der Waals surface area contributed by atoms with Crippen LogP contribution >= 0.6 is 0 Å². The summed E-state index contributed by atoms with van der Waals surface area (Å²) in [6.07, 6.45) is 5.14. The minimum absolute atomic E-state index is 0.162. The van der Waals surface area contributed by atoms with Gasteiger partial charge < -0.3 is 10.2 Å². The Morgan fingerprint density at radius 2 is 1.69 bits per heavy atom. The number of hydrogen-bond acceptors (Lipinski definition) is 2. The van der Waals surface area contributed by atoms with Crippen LogP contribution < -0.4 is 0 Å². The Kier molecular flexibility index (Phi) is 5.85. The molecule has 0 aliphatic carbocycles. The molecule has 0 aliphatic heterocycles. The van der Waals surface area contributed by atoms with Gasteiger partial charge in [0.05, 0.1) is 0 Å². The van der Waals surface area contributed by atoms with Gasteiger partial charge in [-0.2, -0.15) is 0 Å². The molecule has 4 nitrogen and oxygen atoms in total. The SMILES string of the molecule is C=CC(C=C(C)C(=O)O)CC=C(C)C(=O)O. The van der Waals surface area contributed by atoms with Gasteiger partial charge in [-0.15, -0.1) is 6.58 Å². The molecule has 2 N–H and O–H groups in total. The summed E-state index contributed by atoms with van der Waals surface area (Å²) in [6.45, 7) is 6.57. The van der Waals surface area contributed by atoms with Gasteiger partial charge in [-0.1, -0.05) is 18.2 Å². The van der Waals surface area contributed by atoms with Gasteiger partial charge in [-0.3, -0.25) is 0 Å². The Balaban J connectivity index is 4.61. The number of allylic oxidation sites excluding steroid dienone is 3. The van der Waals surface area contributed by atoms with Crippen LogP contribution in [0.2, 0.25) is 0 Å². The predicted octanol–water partition coefficient (Wildman–Crippen LogP) is 2.24. The Labute approximate surface area is 94.6 Å². The normalized spacial score (nSPS) is 14.4. The molecule has 1 unspecified atom stereocenters. The molecular formula is C12H16O4. The van der Waals surface area contributed by atoms with Gasteiger partial charge >= 0.3 is 11.9 Å². The number of carboxylic acids is 2. The van der Waals surface area contributed by atoms with Crippen LogP contribution in [0.4, 0.5) is 0 Å². The lowest BCUT2D eigenvalue weighted by atomic mass is 10.0. The summed E-state index contributed by atoms with van der Waals surface area (Å²) in [5.41, 5.74) is 0.472. The predicted molar refractivity (Wildman–Crippen MR) is 61.1 cm³/mol. The molecule has 0 saturated heterocycles. The molecule has 0 amide bonds. The van der Waals surface area contributed by atoms with Crippen molar-refractivity contribution in [2.75, 3.05) is 0 Å². The summed E-state index contributed by atoms with van der Waals surface area (Å²) in [7, 11) is 0. The topological polar surface area (TPSA) is 74.6 Å². The molecule has 0 spiro atoms. The van der Waals surface area contributed by atoms with Crippen molar-refractivity contribution in [3.05, 3.63) is 36.0 Å². The van der Waals surface area contributed by atoms with Gasteiger partial charge in [0.1, 0.15) is 0 Å². The van der Waals surface area contributed by atoms with Crippen molar-refractivity contribution in [2.24, 2.45) is 5.92 Å². The van der Waals surface area contributed by atoms with Crippen molar-refractivity contribution in [3.63, 3.8) is 0 Å². The standard InChI is InChI=1S/C12H16O4/c1-4-10(7-9(3)12(15)16)6-5-8(2)11(13)14/h4-5,7,10H,1,6H2,2-3H3,(H,13,14)(H,15,16). The van der Waals surface area contributed by atoms with Crippen molar-refractivity contribution in [1.82, 2.24) is 0 Å². The largest absolute Gasteiger partial charge is 0.478 e. The van der Waals surface area contributed by atoms with E-state index in [1.807, 2.05) is 0 Å². The Hall–Kier alpha value is -1.84. The highest BCUT2D eigenvalue weighted by Crippen LogP contribution is 2.12. The summed E-state index contributed by atoms with van der Waals surface area (Å²) in [4.78, 5) is 21.1. The maximum absolute atomic E-state index is 10.6. The van der Waals surface area contributed by atoms with Crippen molar-refractivity contribution in [2.45, 2.75) is 20.3 Å². The van der Waals surface area contributed by atoms with Gasteiger partial charge in [0.15, 0.2) is 0 Å². The average molecular weight is 224 g/mol. The van der Waals surface area contributed by atoms with E-state index in [0.717, 1.165) is 0 Å². The van der Waals surface area contributed by atoms with E-state index in [1.54, 1.807) is 18.2 Å². The first-order chi connectivity index (χ1) is 7.38. The first-order valence-corrected chi connectivity index (χ1v) is 4.82. The van der Waals surface area contributed by atoms with E-state index >= 15 is 0 Å². The Bertz CT molecular complexity index is 350. The molecule has 1 atom stereocenters. The van der Waals surface area contributed by atoms with Crippen LogP contribution in [0.25, 0.3) is 0 Å². The summed E-state index contributed by atoms with van der Waals surface area (Å²) in [5, 5.41) is 17.3. The zero-order valence-electron chi connectivity index (χ0n) is 9.43. The third kappa shape index (κ3) is 5.14. The molecule has 0 aliphatic rings. The minimum Gasteiger partial charge on any atom is -0.478 e. The molecule has 0 aromatic carbocycles. The zero-order chi connectivity index (χ0) is 12.7. The Morgan fingerprint density at radius 1 is 1.19 bits per heavy atom. The fourth-order valence-corrected chi connectivity index (χ4v) is 1.02. The summed E-state index contributed by atoms with van der Waals surface area (Å²) in [6, 6.07) is 0. The molecule has 0 fully saturated rings. The first kappa shape index (κ1) is 14.2. The number of carboxylic acid groups (broad SMARTS) is 2. The van der Waals surface area contributed by atoms with E-state index in [1.165, 1.54) is 13.8 Å².